The summed E-state index contributed by atoms with van der Waals surface area (Å²) in [6.45, 7) is 10.8. The van der Waals surface area contributed by atoms with E-state index in [1.807, 2.05) is 36.4 Å². The van der Waals surface area contributed by atoms with Crippen molar-refractivity contribution in [3.05, 3.63) is 53.0 Å². The van der Waals surface area contributed by atoms with Gasteiger partial charge in [0.15, 0.2) is 0 Å². The van der Waals surface area contributed by atoms with E-state index in [2.05, 4.69) is 6.58 Å². The van der Waals surface area contributed by atoms with Crippen molar-refractivity contribution in [1.29, 1.82) is 0 Å². The van der Waals surface area contributed by atoms with Crippen LogP contribution in [-0.2, 0) is 0 Å². The number of benzene rings is 1. The molecule has 0 saturated carbocycles. The van der Waals surface area contributed by atoms with Gasteiger partial charge in [-0.05, 0) is 0 Å². The van der Waals surface area contributed by atoms with Crippen molar-refractivity contribution in [3.63, 3.8) is 0 Å². The molecule has 2 N–H and O–H groups in total. The Morgan fingerprint density at radius 1 is 1.05 bits per heavy atom. The summed E-state index contributed by atoms with van der Waals surface area (Å²) in [4.78, 5) is 0. The molecule has 0 unspecified atom stereocenters. The average molecular weight is 325 g/mol. The van der Waals surface area contributed by atoms with E-state index in [1.165, 1.54) is 4.46 Å². The van der Waals surface area contributed by atoms with E-state index in [0.29, 0.717) is 5.57 Å². The molecule has 19 heavy (non-hydrogen) atoms. The van der Waals surface area contributed by atoms with Gasteiger partial charge in [-0.3, -0.25) is 0 Å². The molecule has 2 nitrogen and oxygen atoms in total. The second-order valence-electron chi connectivity index (χ2n) is 5.57. The van der Waals surface area contributed by atoms with E-state index in [9.17, 15) is 10.2 Å². The first-order valence-electron chi connectivity index (χ1n) is 6.20. The van der Waals surface area contributed by atoms with Crippen molar-refractivity contribution in [2.24, 2.45) is 0 Å². The van der Waals surface area contributed by atoms with Crippen LogP contribution in [0.2, 0.25) is 0 Å². The Kier molecular flexibility index (Phi) is 5.17. The zero-order valence-corrected chi connectivity index (χ0v) is 13.7. The van der Waals surface area contributed by atoms with Gasteiger partial charge in [0.25, 0.3) is 0 Å². The zero-order chi connectivity index (χ0) is 14.7. The zero-order valence-electron chi connectivity index (χ0n) is 12.0. The van der Waals surface area contributed by atoms with Crippen LogP contribution in [0.5, 0.6) is 0 Å². The summed E-state index contributed by atoms with van der Waals surface area (Å²) in [6.07, 6.45) is 1.83. The van der Waals surface area contributed by atoms with Crippen LogP contribution >= 0.6 is 0 Å². The first kappa shape index (κ1) is 16.2. The molecule has 104 valence electrons. The maximum absolute atomic E-state index is 10.3. The van der Waals surface area contributed by atoms with Crippen LogP contribution in [0.1, 0.15) is 27.7 Å². The van der Waals surface area contributed by atoms with Crippen LogP contribution in [-0.4, -0.2) is 36.4 Å². The Labute approximate surface area is 122 Å². The fourth-order valence-electron chi connectivity index (χ4n) is 1.28. The Morgan fingerprint density at radius 3 is 2.00 bits per heavy atom. The van der Waals surface area contributed by atoms with Crippen LogP contribution < -0.4 is 4.46 Å². The third-order valence-electron chi connectivity index (χ3n) is 2.67. The van der Waals surface area contributed by atoms with Gasteiger partial charge < -0.3 is 0 Å². The predicted molar refractivity (Wildman–Crippen MR) is 81.6 cm³/mol. The van der Waals surface area contributed by atoms with E-state index in [0.717, 1.165) is 4.47 Å². The first-order valence-corrected chi connectivity index (χ1v) is 7.91. The van der Waals surface area contributed by atoms with Crippen molar-refractivity contribution in [3.8, 4) is 0 Å². The monoisotopic (exact) mass is 326 g/mol. The minimum atomic E-state index is -0.969. The van der Waals surface area contributed by atoms with Gasteiger partial charge in [-0.15, -0.1) is 0 Å². The van der Waals surface area contributed by atoms with Crippen LogP contribution in [0, 0.1) is 0 Å². The van der Waals surface area contributed by atoms with E-state index in [1.54, 1.807) is 27.7 Å². The third kappa shape index (κ3) is 5.33. The molecule has 0 aromatic heterocycles. The molecular weight excluding hydrogens is 303 g/mol. The molecule has 0 amide bonds. The van der Waals surface area contributed by atoms with Gasteiger partial charge in [0.05, 0.1) is 0 Å². The number of aliphatic hydroxyl groups is 2. The van der Waals surface area contributed by atoms with Crippen molar-refractivity contribution in [2.45, 2.75) is 38.9 Å². The molecule has 0 aliphatic carbocycles. The molecule has 0 bridgehead atoms. The molecular formula is C16H22O2Se. The molecule has 0 fully saturated rings. The van der Waals surface area contributed by atoms with Gasteiger partial charge in [0.2, 0.25) is 0 Å². The fourth-order valence-corrected chi connectivity index (χ4v) is 3.38. The molecule has 1 rings (SSSR count). The molecule has 0 radical (unpaired) electrons. The standard InChI is InChI=1S/C16H22O2Se/c1-12(15(2,3)17)11-14(16(4,5)18)19-13-9-7-6-8-10-13/h6-11,17-18H,1H2,2-5H3/b14-11+. The summed E-state index contributed by atoms with van der Waals surface area (Å²) >= 11 is 0.00764. The SMILES string of the molecule is C=C(/C=C(/[Se]c1ccccc1)C(C)(C)O)C(C)(C)O. The van der Waals surface area contributed by atoms with Crippen molar-refractivity contribution >= 4 is 19.4 Å². The Hall–Kier alpha value is -0.861. The van der Waals surface area contributed by atoms with Gasteiger partial charge in [-0.1, -0.05) is 0 Å². The van der Waals surface area contributed by atoms with Crippen LogP contribution in [0.25, 0.3) is 0 Å². The number of hydrogen-bond donors (Lipinski definition) is 2. The molecule has 0 aliphatic heterocycles. The first-order chi connectivity index (χ1) is 8.60. The molecule has 0 aliphatic rings. The summed E-state index contributed by atoms with van der Waals surface area (Å²) in [5.41, 5.74) is -1.27. The van der Waals surface area contributed by atoms with Gasteiger partial charge in [0.1, 0.15) is 0 Å². The molecule has 0 atom stereocenters. The van der Waals surface area contributed by atoms with Crippen molar-refractivity contribution < 1.29 is 10.2 Å². The Morgan fingerprint density at radius 2 is 1.58 bits per heavy atom. The van der Waals surface area contributed by atoms with Gasteiger partial charge in [0, 0.05) is 0 Å². The van der Waals surface area contributed by atoms with Crippen LogP contribution in [0.4, 0.5) is 0 Å². The molecule has 1 aromatic carbocycles. The van der Waals surface area contributed by atoms with E-state index >= 15 is 0 Å². The van der Waals surface area contributed by atoms with Gasteiger partial charge in [-0.2, -0.15) is 0 Å². The maximum atomic E-state index is 10.3. The Balaban J connectivity index is 3.04. The molecule has 0 heterocycles. The average Bonchev–Trinajstić information content (AvgIpc) is 2.27. The normalized spacial score (nSPS) is 13.5. The van der Waals surface area contributed by atoms with Gasteiger partial charge >= 0.3 is 122 Å². The second-order valence-corrected chi connectivity index (χ2v) is 7.91. The molecule has 1 aromatic rings. The third-order valence-corrected chi connectivity index (χ3v) is 5.49. The summed E-state index contributed by atoms with van der Waals surface area (Å²) in [6, 6.07) is 10.1. The van der Waals surface area contributed by atoms with E-state index in [4.69, 9.17) is 0 Å². The summed E-state index contributed by atoms with van der Waals surface area (Å²) in [5.74, 6) is 0. The molecule has 0 spiro atoms. The quantitative estimate of drug-likeness (QED) is 0.642. The topological polar surface area (TPSA) is 40.5 Å². The minimum absolute atomic E-state index is 0.00764. The van der Waals surface area contributed by atoms with E-state index < -0.39 is 11.2 Å². The molecule has 3 heteroatoms. The number of rotatable bonds is 5. The van der Waals surface area contributed by atoms with Crippen LogP contribution in [0.15, 0.2) is 53.0 Å². The van der Waals surface area contributed by atoms with Crippen molar-refractivity contribution in [2.75, 3.05) is 0 Å². The summed E-state index contributed by atoms with van der Waals surface area (Å²) in [7, 11) is 0. The molecule has 0 saturated heterocycles. The summed E-state index contributed by atoms with van der Waals surface area (Å²) < 4.78 is 2.09. The Bertz CT molecular complexity index is 462. The number of hydrogen-bond acceptors (Lipinski definition) is 2. The fraction of sp³-hybridized carbons (Fsp3) is 0.375. The van der Waals surface area contributed by atoms with Crippen LogP contribution in [0.3, 0.4) is 0 Å². The van der Waals surface area contributed by atoms with E-state index in [-0.39, 0.29) is 15.0 Å². The van der Waals surface area contributed by atoms with Crippen molar-refractivity contribution in [1.82, 2.24) is 0 Å². The second kappa shape index (κ2) is 6.06. The van der Waals surface area contributed by atoms with Gasteiger partial charge in [-0.25, -0.2) is 0 Å². The predicted octanol–water partition coefficient (Wildman–Crippen LogP) is 2.00. The summed E-state index contributed by atoms with van der Waals surface area (Å²) in [5, 5.41) is 20.2.